The molecule has 0 spiro atoms. The summed E-state index contributed by atoms with van der Waals surface area (Å²) in [4.78, 5) is 14.9. The Morgan fingerprint density at radius 3 is 1.80 bits per heavy atom. The van der Waals surface area contributed by atoms with E-state index in [1.54, 1.807) is 0 Å². The standard InChI is InChI=1S/C13H23N2Si2.C5H8O2.Ni/c1-16(2,3)14-13(15-17(4,5)6)12-10-8-7-9-11-12;1-4(6)3-5(2)7;/h7-11H,1-6H3;3,6H,1-2H3;/q-1;;+2/p-1/b;4-3-;. The number of carbonyl (C=O) groups is 1. The Bertz CT molecular complexity index is 585. The van der Waals surface area contributed by atoms with E-state index in [1.165, 1.54) is 13.8 Å². The molecule has 1 rings (SSSR count). The van der Waals surface area contributed by atoms with Crippen LogP contribution in [0.3, 0.4) is 0 Å². The molecule has 0 radical (unpaired) electrons. The normalized spacial score (nSPS) is 12.5. The number of ketones is 1. The number of nitrogens with zero attached hydrogens (tertiary/aromatic N) is 2. The molecule has 0 heterocycles. The molecule has 0 aromatic heterocycles. The molecule has 0 fully saturated rings. The number of allylic oxidation sites excluding steroid dienone is 2. The predicted octanol–water partition coefficient (Wildman–Crippen LogP) is 4.31. The molecule has 25 heavy (non-hydrogen) atoms. The monoisotopic (exact) mass is 420 g/mol. The van der Waals surface area contributed by atoms with Crippen molar-refractivity contribution in [1.82, 2.24) is 0 Å². The molecule has 7 heteroatoms. The molecule has 0 unspecified atom stereocenters. The molecule has 142 valence electrons. The summed E-state index contributed by atoms with van der Waals surface area (Å²) in [5.41, 5.74) is 1.15. The Hall–Kier alpha value is -1.17. The summed E-state index contributed by atoms with van der Waals surface area (Å²) >= 11 is 0. The number of carbonyl (C=O) groups excluding carboxylic acids is 1. The summed E-state index contributed by atoms with van der Waals surface area (Å²) in [5.74, 6) is 0.587. The number of rotatable bonds is 4. The topological polar surface area (TPSA) is 66.6 Å². The van der Waals surface area contributed by atoms with Crippen LogP contribution in [0, 0.1) is 0 Å². The third-order valence-electron chi connectivity index (χ3n) is 2.32. The van der Waals surface area contributed by atoms with Crippen molar-refractivity contribution in [2.45, 2.75) is 53.1 Å². The number of hydrogen-bond donors (Lipinski definition) is 0. The largest absolute Gasteiger partial charge is 2.00 e. The first-order valence-corrected chi connectivity index (χ1v) is 14.9. The number of benzene rings is 1. The Balaban J connectivity index is 0. The van der Waals surface area contributed by atoms with Crippen LogP contribution in [0.1, 0.15) is 19.4 Å². The van der Waals surface area contributed by atoms with E-state index >= 15 is 0 Å². The van der Waals surface area contributed by atoms with E-state index in [0.29, 0.717) is 0 Å². The molecule has 1 aromatic rings. The van der Waals surface area contributed by atoms with Crippen LogP contribution >= 0.6 is 0 Å². The van der Waals surface area contributed by atoms with E-state index < -0.39 is 16.5 Å². The van der Waals surface area contributed by atoms with Gasteiger partial charge in [0.15, 0.2) is 5.78 Å². The SMILES string of the molecule is CC(=O)/C=C(/C)[O-].C[Si](C)(C)/N=C(/[N-][Si](C)(C)C)c1ccccc1.[Ni+2]. The molecule has 0 bridgehead atoms. The molecule has 4 nitrogen and oxygen atoms in total. The second kappa shape index (κ2) is 11.4. The molecule has 0 aliphatic heterocycles. The van der Waals surface area contributed by atoms with E-state index in [9.17, 15) is 9.90 Å². The maximum atomic E-state index is 9.98. The third-order valence-corrected chi connectivity index (χ3v) is 4.09. The second-order valence-corrected chi connectivity index (χ2v) is 16.8. The van der Waals surface area contributed by atoms with Crippen LogP contribution in [-0.2, 0) is 21.3 Å². The predicted molar refractivity (Wildman–Crippen MR) is 107 cm³/mol. The van der Waals surface area contributed by atoms with Crippen LogP contribution < -0.4 is 5.11 Å². The molecule has 0 atom stereocenters. The quantitative estimate of drug-likeness (QED) is 0.239. The average Bonchev–Trinajstić information content (AvgIpc) is 2.34. The fourth-order valence-corrected chi connectivity index (χ4v) is 3.39. The van der Waals surface area contributed by atoms with E-state index in [2.05, 4.69) is 63.5 Å². The van der Waals surface area contributed by atoms with Crippen LogP contribution in [0.15, 0.2) is 46.8 Å². The van der Waals surface area contributed by atoms with Crippen LogP contribution in [-0.4, -0.2) is 28.1 Å². The minimum absolute atomic E-state index is 0. The summed E-state index contributed by atoms with van der Waals surface area (Å²) in [6.07, 6.45) is 1.06. The molecule has 0 saturated heterocycles. The van der Waals surface area contributed by atoms with Crippen molar-refractivity contribution in [3.63, 3.8) is 0 Å². The van der Waals surface area contributed by atoms with Gasteiger partial charge in [-0.15, -0.1) is 5.76 Å². The molecular weight excluding hydrogens is 391 g/mol. The smallest absolute Gasteiger partial charge is 0.876 e. The van der Waals surface area contributed by atoms with Crippen LogP contribution in [0.2, 0.25) is 39.3 Å². The Labute approximate surface area is 164 Å². The van der Waals surface area contributed by atoms with Gasteiger partial charge in [0, 0.05) is 16.5 Å². The van der Waals surface area contributed by atoms with Crippen LogP contribution in [0.4, 0.5) is 0 Å². The van der Waals surface area contributed by atoms with Crippen molar-refractivity contribution < 1.29 is 26.4 Å². The first kappa shape index (κ1) is 26.1. The fraction of sp³-hybridized carbons (Fsp3) is 0.444. The minimum Gasteiger partial charge on any atom is -0.876 e. The molecule has 0 aliphatic carbocycles. The zero-order valence-electron chi connectivity index (χ0n) is 16.5. The third kappa shape index (κ3) is 16.1. The first-order chi connectivity index (χ1) is 10.8. The second-order valence-electron chi connectivity index (χ2n) is 7.62. The van der Waals surface area contributed by atoms with Crippen molar-refractivity contribution in [3.8, 4) is 0 Å². The number of amidine groups is 1. The van der Waals surface area contributed by atoms with Gasteiger partial charge in [0.25, 0.3) is 0 Å². The van der Waals surface area contributed by atoms with Crippen molar-refractivity contribution in [1.29, 1.82) is 0 Å². The van der Waals surface area contributed by atoms with Gasteiger partial charge >= 0.3 is 16.5 Å². The van der Waals surface area contributed by atoms with Gasteiger partial charge in [0.2, 0.25) is 0 Å². The van der Waals surface area contributed by atoms with Crippen molar-refractivity contribution in [3.05, 3.63) is 52.7 Å². The Morgan fingerprint density at radius 1 is 1.04 bits per heavy atom. The van der Waals surface area contributed by atoms with Crippen molar-refractivity contribution in [2.75, 3.05) is 0 Å². The van der Waals surface area contributed by atoms with Gasteiger partial charge in [0.1, 0.15) is 0 Å². The number of hydrogen-bond acceptors (Lipinski definition) is 3. The first-order valence-electron chi connectivity index (χ1n) is 8.04. The molecule has 0 N–H and O–H groups in total. The molecule has 0 aliphatic rings. The van der Waals surface area contributed by atoms with E-state index in [1.807, 2.05) is 6.07 Å². The van der Waals surface area contributed by atoms with Gasteiger partial charge in [-0.2, -0.15) is 0 Å². The van der Waals surface area contributed by atoms with Gasteiger partial charge in [-0.05, 0) is 18.6 Å². The Morgan fingerprint density at radius 2 is 1.52 bits per heavy atom. The van der Waals surface area contributed by atoms with E-state index in [4.69, 9.17) is 9.64 Å². The minimum atomic E-state index is -1.49. The molecule has 0 saturated carbocycles. The maximum Gasteiger partial charge on any atom is 2.00 e. The zero-order valence-corrected chi connectivity index (χ0v) is 19.5. The summed E-state index contributed by atoms with van der Waals surface area (Å²) in [6, 6.07) is 10.3. The molecule has 0 amide bonds. The summed E-state index contributed by atoms with van der Waals surface area (Å²) in [5, 5.41) is 9.98. The average molecular weight is 421 g/mol. The van der Waals surface area contributed by atoms with Gasteiger partial charge in [0.05, 0.1) is 0 Å². The summed E-state index contributed by atoms with van der Waals surface area (Å²) < 4.78 is 4.89. The zero-order chi connectivity index (χ0) is 19.0. The van der Waals surface area contributed by atoms with Crippen LogP contribution in [0.5, 0.6) is 0 Å². The van der Waals surface area contributed by atoms with Gasteiger partial charge < -0.3 is 14.7 Å². The van der Waals surface area contributed by atoms with Gasteiger partial charge in [-0.3, -0.25) is 4.79 Å². The van der Waals surface area contributed by atoms with Crippen molar-refractivity contribution in [2.24, 2.45) is 4.66 Å². The van der Waals surface area contributed by atoms with Gasteiger partial charge in [-0.1, -0.05) is 82.4 Å². The van der Waals surface area contributed by atoms with E-state index in [0.717, 1.165) is 17.5 Å². The molecular formula is C18H30N2NiO2Si2. The van der Waals surface area contributed by atoms with Gasteiger partial charge in [-0.25, -0.2) is 0 Å². The van der Waals surface area contributed by atoms with Crippen molar-refractivity contribution >= 4 is 28.1 Å². The molecule has 1 aromatic carbocycles. The Kier molecular flexibility index (Phi) is 11.9. The maximum absolute atomic E-state index is 9.98. The summed E-state index contributed by atoms with van der Waals surface area (Å²) in [7, 11) is -2.97. The summed E-state index contributed by atoms with van der Waals surface area (Å²) in [6.45, 7) is 16.2. The van der Waals surface area contributed by atoms with Crippen LogP contribution in [0.25, 0.3) is 4.98 Å². The van der Waals surface area contributed by atoms with E-state index in [-0.39, 0.29) is 28.0 Å². The fourth-order valence-electron chi connectivity index (χ4n) is 1.66.